The Kier molecular flexibility index (Phi) is 3.82. The molecule has 1 aliphatic heterocycles. The first-order valence-corrected chi connectivity index (χ1v) is 6.32. The molecule has 0 aliphatic carbocycles. The van der Waals surface area contributed by atoms with Crippen LogP contribution in [-0.2, 0) is 11.2 Å². The molecule has 2 unspecified atom stereocenters. The smallest absolute Gasteiger partial charge is 0.225 e. The zero-order valence-electron chi connectivity index (χ0n) is 9.82. The third kappa shape index (κ3) is 2.23. The van der Waals surface area contributed by atoms with Crippen molar-refractivity contribution < 1.29 is 4.74 Å². The first-order valence-electron chi connectivity index (χ1n) is 5.95. The van der Waals surface area contributed by atoms with Crippen LogP contribution < -0.4 is 0 Å². The minimum atomic E-state index is 0.228. The summed E-state index contributed by atoms with van der Waals surface area (Å²) in [6, 6.07) is 0.228. The maximum atomic E-state index is 6.09. The van der Waals surface area contributed by atoms with E-state index in [1.54, 1.807) is 0 Å². The third-order valence-electron chi connectivity index (χ3n) is 3.11. The molecular formula is C11H18ClN3O. The van der Waals surface area contributed by atoms with Crippen molar-refractivity contribution in [1.29, 1.82) is 0 Å². The Hall–Kier alpha value is -0.610. The molecule has 0 spiro atoms. The Morgan fingerprint density at radius 3 is 3.00 bits per heavy atom. The van der Waals surface area contributed by atoms with Crippen LogP contribution in [0.15, 0.2) is 0 Å². The largest absolute Gasteiger partial charge is 0.376 e. The zero-order chi connectivity index (χ0) is 11.5. The minimum Gasteiger partial charge on any atom is -0.376 e. The second-order valence-corrected chi connectivity index (χ2v) is 4.64. The van der Waals surface area contributed by atoms with E-state index in [-0.39, 0.29) is 12.1 Å². The predicted molar refractivity (Wildman–Crippen MR) is 62.7 cm³/mol. The topological polar surface area (TPSA) is 39.9 Å². The Morgan fingerprint density at radius 1 is 1.56 bits per heavy atom. The minimum absolute atomic E-state index is 0.228. The van der Waals surface area contributed by atoms with Gasteiger partial charge in [-0.2, -0.15) is 0 Å². The molecule has 2 atom stereocenters. The normalized spacial score (nSPS) is 22.6. The number of halogens is 1. The Bertz CT molecular complexity index is 347. The summed E-state index contributed by atoms with van der Waals surface area (Å²) in [7, 11) is 0. The maximum Gasteiger partial charge on any atom is 0.225 e. The molecule has 90 valence electrons. The van der Waals surface area contributed by atoms with Gasteiger partial charge in [0.05, 0.1) is 12.1 Å². The standard InChI is InChI=1S/C11H18ClN3O/c1-3-5-10-13-14-11(12)15(10)8(2)9-6-4-7-16-9/h8-9H,3-7H2,1-2H3. The fraction of sp³-hybridized carbons (Fsp3) is 0.818. The number of nitrogens with zero attached hydrogens (tertiary/aromatic N) is 3. The zero-order valence-corrected chi connectivity index (χ0v) is 10.6. The first kappa shape index (κ1) is 11.9. The van der Waals surface area contributed by atoms with Crippen LogP contribution in [0, 0.1) is 0 Å². The van der Waals surface area contributed by atoms with Crippen LogP contribution >= 0.6 is 11.6 Å². The highest BCUT2D eigenvalue weighted by atomic mass is 35.5. The van der Waals surface area contributed by atoms with Gasteiger partial charge in [-0.15, -0.1) is 10.2 Å². The van der Waals surface area contributed by atoms with Crippen molar-refractivity contribution in [2.75, 3.05) is 6.61 Å². The van der Waals surface area contributed by atoms with Crippen molar-refractivity contribution in [3.63, 3.8) is 0 Å². The highest BCUT2D eigenvalue weighted by molar-refractivity contribution is 6.28. The van der Waals surface area contributed by atoms with E-state index in [4.69, 9.17) is 16.3 Å². The number of aromatic nitrogens is 3. The van der Waals surface area contributed by atoms with Gasteiger partial charge in [-0.25, -0.2) is 0 Å². The molecule has 5 heteroatoms. The van der Waals surface area contributed by atoms with E-state index >= 15 is 0 Å². The van der Waals surface area contributed by atoms with E-state index < -0.39 is 0 Å². The summed E-state index contributed by atoms with van der Waals surface area (Å²) in [5.74, 6) is 0.968. The van der Waals surface area contributed by atoms with Crippen molar-refractivity contribution >= 4 is 11.6 Å². The summed E-state index contributed by atoms with van der Waals surface area (Å²) in [6.45, 7) is 5.12. The predicted octanol–water partition coefficient (Wildman–Crippen LogP) is 2.62. The van der Waals surface area contributed by atoms with Crippen LogP contribution in [0.25, 0.3) is 0 Å². The second-order valence-electron chi connectivity index (χ2n) is 4.30. The van der Waals surface area contributed by atoms with Gasteiger partial charge in [0, 0.05) is 13.0 Å². The van der Waals surface area contributed by atoms with Crippen molar-refractivity contribution in [2.45, 2.75) is 51.7 Å². The monoisotopic (exact) mass is 243 g/mol. The van der Waals surface area contributed by atoms with Gasteiger partial charge < -0.3 is 4.74 Å². The van der Waals surface area contributed by atoms with Crippen LogP contribution in [0.1, 0.15) is 45.0 Å². The average molecular weight is 244 g/mol. The lowest BCUT2D eigenvalue weighted by Gasteiger charge is -2.21. The third-order valence-corrected chi connectivity index (χ3v) is 3.37. The van der Waals surface area contributed by atoms with Crippen molar-refractivity contribution in [2.24, 2.45) is 0 Å². The van der Waals surface area contributed by atoms with Gasteiger partial charge in [0.1, 0.15) is 5.82 Å². The molecule has 2 rings (SSSR count). The Morgan fingerprint density at radius 2 is 2.38 bits per heavy atom. The van der Waals surface area contributed by atoms with E-state index in [1.807, 2.05) is 4.57 Å². The van der Waals surface area contributed by atoms with Gasteiger partial charge in [-0.3, -0.25) is 4.57 Å². The van der Waals surface area contributed by atoms with Crippen LogP contribution in [0.3, 0.4) is 0 Å². The second kappa shape index (κ2) is 5.15. The lowest BCUT2D eigenvalue weighted by molar-refractivity contribution is 0.0723. The van der Waals surface area contributed by atoms with Gasteiger partial charge in [-0.1, -0.05) is 6.92 Å². The summed E-state index contributed by atoms with van der Waals surface area (Å²) in [6.07, 6.45) is 4.45. The summed E-state index contributed by atoms with van der Waals surface area (Å²) >= 11 is 6.09. The summed E-state index contributed by atoms with van der Waals surface area (Å²) in [5.41, 5.74) is 0. The fourth-order valence-electron chi connectivity index (χ4n) is 2.25. The van der Waals surface area contributed by atoms with E-state index in [0.717, 1.165) is 38.1 Å². The number of ether oxygens (including phenoxy) is 1. The van der Waals surface area contributed by atoms with E-state index in [1.165, 1.54) is 0 Å². The van der Waals surface area contributed by atoms with Gasteiger partial charge in [0.15, 0.2) is 0 Å². The van der Waals surface area contributed by atoms with Crippen molar-refractivity contribution in [1.82, 2.24) is 14.8 Å². The quantitative estimate of drug-likeness (QED) is 0.816. The number of rotatable bonds is 4. The molecule has 1 fully saturated rings. The molecule has 0 aromatic carbocycles. The Labute approximate surface area is 101 Å². The maximum absolute atomic E-state index is 6.09. The summed E-state index contributed by atoms with van der Waals surface area (Å²) in [4.78, 5) is 0. The molecule has 0 saturated carbocycles. The van der Waals surface area contributed by atoms with Crippen LogP contribution in [0.5, 0.6) is 0 Å². The molecule has 1 aliphatic rings. The van der Waals surface area contributed by atoms with Gasteiger partial charge in [0.25, 0.3) is 0 Å². The molecule has 1 aromatic rings. The molecule has 1 aromatic heterocycles. The fourth-order valence-corrected chi connectivity index (χ4v) is 2.54. The van der Waals surface area contributed by atoms with Crippen molar-refractivity contribution in [3.05, 3.63) is 11.1 Å². The lowest BCUT2D eigenvalue weighted by Crippen LogP contribution is -2.22. The molecule has 0 bridgehead atoms. The number of hydrogen-bond acceptors (Lipinski definition) is 3. The molecule has 2 heterocycles. The van der Waals surface area contributed by atoms with Crippen LogP contribution in [0.4, 0.5) is 0 Å². The van der Waals surface area contributed by atoms with Gasteiger partial charge in [-0.05, 0) is 37.8 Å². The van der Waals surface area contributed by atoms with Gasteiger partial charge >= 0.3 is 0 Å². The number of hydrogen-bond donors (Lipinski definition) is 0. The Balaban J connectivity index is 2.19. The van der Waals surface area contributed by atoms with Gasteiger partial charge in [0.2, 0.25) is 5.28 Å². The van der Waals surface area contributed by atoms with Crippen molar-refractivity contribution in [3.8, 4) is 0 Å². The van der Waals surface area contributed by atoms with Crippen LogP contribution in [-0.4, -0.2) is 27.5 Å². The number of aryl methyl sites for hydroxylation is 1. The molecule has 16 heavy (non-hydrogen) atoms. The molecule has 4 nitrogen and oxygen atoms in total. The molecule has 0 amide bonds. The molecule has 0 radical (unpaired) electrons. The highest BCUT2D eigenvalue weighted by Crippen LogP contribution is 2.27. The summed E-state index contributed by atoms with van der Waals surface area (Å²) in [5, 5.41) is 8.55. The van der Waals surface area contributed by atoms with E-state index in [2.05, 4.69) is 24.0 Å². The van der Waals surface area contributed by atoms with E-state index in [9.17, 15) is 0 Å². The van der Waals surface area contributed by atoms with Crippen LogP contribution in [0.2, 0.25) is 5.28 Å². The lowest BCUT2D eigenvalue weighted by atomic mass is 10.1. The molecular weight excluding hydrogens is 226 g/mol. The van der Waals surface area contributed by atoms with E-state index in [0.29, 0.717) is 5.28 Å². The SMILES string of the molecule is CCCc1nnc(Cl)n1C(C)C1CCCO1. The highest BCUT2D eigenvalue weighted by Gasteiger charge is 2.27. The molecule has 1 saturated heterocycles. The average Bonchev–Trinajstić information content (AvgIpc) is 2.88. The molecule has 0 N–H and O–H groups in total. The summed E-state index contributed by atoms with van der Waals surface area (Å²) < 4.78 is 7.71. The first-order chi connectivity index (χ1) is 7.74.